The molecule has 0 fully saturated rings. The Morgan fingerprint density at radius 2 is 2.18 bits per heavy atom. The number of nitrogens with one attached hydrogen (secondary N) is 2. The average Bonchev–Trinajstić information content (AvgIpc) is 2.72. The topological polar surface area (TPSA) is 83.3 Å². The first kappa shape index (κ1) is 13.4. The van der Waals surface area contributed by atoms with Gasteiger partial charge in [0.2, 0.25) is 11.8 Å². The SMILES string of the molecule is CCNCc1nnc(NC(C)C(=O)N(C)C)o1. The van der Waals surface area contributed by atoms with E-state index in [4.69, 9.17) is 4.42 Å². The summed E-state index contributed by atoms with van der Waals surface area (Å²) < 4.78 is 5.32. The first-order chi connectivity index (χ1) is 8.04. The molecule has 0 aliphatic rings. The van der Waals surface area contributed by atoms with Crippen molar-refractivity contribution in [3.8, 4) is 0 Å². The van der Waals surface area contributed by atoms with Crippen LogP contribution in [-0.2, 0) is 11.3 Å². The van der Waals surface area contributed by atoms with E-state index in [1.165, 1.54) is 4.90 Å². The van der Waals surface area contributed by atoms with Gasteiger partial charge in [-0.25, -0.2) is 0 Å². The fourth-order valence-corrected chi connectivity index (χ4v) is 1.25. The molecule has 1 aromatic heterocycles. The predicted octanol–water partition coefficient (Wildman–Crippen LogP) is 0.0677. The van der Waals surface area contributed by atoms with Crippen LogP contribution in [0, 0.1) is 0 Å². The summed E-state index contributed by atoms with van der Waals surface area (Å²) in [4.78, 5) is 13.1. The summed E-state index contributed by atoms with van der Waals surface area (Å²) in [6.45, 7) is 5.10. The van der Waals surface area contributed by atoms with Crippen molar-refractivity contribution < 1.29 is 9.21 Å². The number of aromatic nitrogens is 2. The van der Waals surface area contributed by atoms with Crippen molar-refractivity contribution in [1.82, 2.24) is 20.4 Å². The van der Waals surface area contributed by atoms with Crippen LogP contribution < -0.4 is 10.6 Å². The molecule has 7 heteroatoms. The molecule has 1 heterocycles. The Morgan fingerprint density at radius 1 is 1.47 bits per heavy atom. The fraction of sp³-hybridized carbons (Fsp3) is 0.700. The molecule has 17 heavy (non-hydrogen) atoms. The fourth-order valence-electron chi connectivity index (χ4n) is 1.25. The van der Waals surface area contributed by atoms with Crippen LogP contribution in [0.4, 0.5) is 6.01 Å². The van der Waals surface area contributed by atoms with Gasteiger partial charge in [0, 0.05) is 14.1 Å². The molecule has 96 valence electrons. The Kier molecular flexibility index (Phi) is 4.89. The van der Waals surface area contributed by atoms with Crippen LogP contribution in [0.25, 0.3) is 0 Å². The second-order valence-electron chi connectivity index (χ2n) is 3.88. The third-order valence-corrected chi connectivity index (χ3v) is 2.14. The molecule has 1 unspecified atom stereocenters. The van der Waals surface area contributed by atoms with Crippen molar-refractivity contribution in [2.24, 2.45) is 0 Å². The molecule has 1 amide bonds. The lowest BCUT2D eigenvalue weighted by atomic mass is 10.3. The van der Waals surface area contributed by atoms with Crippen molar-refractivity contribution in [3.05, 3.63) is 5.89 Å². The van der Waals surface area contributed by atoms with E-state index in [0.29, 0.717) is 12.4 Å². The van der Waals surface area contributed by atoms with Crippen molar-refractivity contribution in [3.63, 3.8) is 0 Å². The van der Waals surface area contributed by atoms with Crippen LogP contribution in [0.3, 0.4) is 0 Å². The number of hydrogen-bond acceptors (Lipinski definition) is 6. The summed E-state index contributed by atoms with van der Waals surface area (Å²) in [6, 6.07) is -0.127. The van der Waals surface area contributed by atoms with Crippen LogP contribution in [0.15, 0.2) is 4.42 Å². The molecule has 0 radical (unpaired) electrons. The minimum Gasteiger partial charge on any atom is -0.407 e. The summed E-state index contributed by atoms with van der Waals surface area (Å²) in [5.74, 6) is 0.454. The van der Waals surface area contributed by atoms with Crippen LogP contribution in [0.1, 0.15) is 19.7 Å². The zero-order valence-electron chi connectivity index (χ0n) is 10.6. The number of anilines is 1. The molecular weight excluding hydrogens is 222 g/mol. The summed E-state index contributed by atoms with van der Waals surface area (Å²) in [5.41, 5.74) is 0. The van der Waals surface area contributed by atoms with Crippen LogP contribution >= 0.6 is 0 Å². The van der Waals surface area contributed by atoms with Gasteiger partial charge >= 0.3 is 6.01 Å². The van der Waals surface area contributed by atoms with E-state index in [-0.39, 0.29) is 11.9 Å². The van der Waals surface area contributed by atoms with E-state index in [1.807, 2.05) is 6.92 Å². The summed E-state index contributed by atoms with van der Waals surface area (Å²) in [5, 5.41) is 13.6. The van der Waals surface area contributed by atoms with Gasteiger partial charge in [0.25, 0.3) is 0 Å². The number of nitrogens with zero attached hydrogens (tertiary/aromatic N) is 3. The number of likely N-dealkylation sites (N-methyl/N-ethyl adjacent to an activating group) is 1. The maximum absolute atomic E-state index is 11.6. The number of hydrogen-bond donors (Lipinski definition) is 2. The second-order valence-corrected chi connectivity index (χ2v) is 3.88. The lowest BCUT2D eigenvalue weighted by molar-refractivity contribution is -0.129. The average molecular weight is 241 g/mol. The standard InChI is InChI=1S/C10H19N5O2/c1-5-11-6-8-13-14-10(17-8)12-7(2)9(16)15(3)4/h7,11H,5-6H2,1-4H3,(H,12,14). The zero-order chi connectivity index (χ0) is 12.8. The van der Waals surface area contributed by atoms with Gasteiger partial charge in [0.05, 0.1) is 6.54 Å². The molecule has 0 saturated carbocycles. The Labute approximate surface area is 101 Å². The highest BCUT2D eigenvalue weighted by atomic mass is 16.4. The predicted molar refractivity (Wildman–Crippen MR) is 63.5 cm³/mol. The van der Waals surface area contributed by atoms with Gasteiger partial charge in [-0.1, -0.05) is 12.0 Å². The van der Waals surface area contributed by atoms with Crippen molar-refractivity contribution >= 4 is 11.9 Å². The van der Waals surface area contributed by atoms with Crippen LogP contribution in [-0.4, -0.2) is 47.7 Å². The number of carbonyl (C=O) groups excluding carboxylic acids is 1. The molecule has 0 aliphatic carbocycles. The summed E-state index contributed by atoms with van der Waals surface area (Å²) in [7, 11) is 3.40. The van der Waals surface area contributed by atoms with E-state index in [9.17, 15) is 4.79 Å². The normalized spacial score (nSPS) is 12.2. The van der Waals surface area contributed by atoms with E-state index in [1.54, 1.807) is 21.0 Å². The van der Waals surface area contributed by atoms with E-state index < -0.39 is 6.04 Å². The first-order valence-electron chi connectivity index (χ1n) is 5.55. The third kappa shape index (κ3) is 4.03. The minimum absolute atomic E-state index is 0.0450. The highest BCUT2D eigenvalue weighted by Gasteiger charge is 2.17. The summed E-state index contributed by atoms with van der Waals surface area (Å²) in [6.07, 6.45) is 0. The second kappa shape index (κ2) is 6.19. The highest BCUT2D eigenvalue weighted by molar-refractivity contribution is 5.83. The molecule has 7 nitrogen and oxygen atoms in total. The molecule has 0 aromatic carbocycles. The largest absolute Gasteiger partial charge is 0.407 e. The van der Waals surface area contributed by atoms with Gasteiger partial charge in [-0.2, -0.15) is 0 Å². The maximum atomic E-state index is 11.6. The highest BCUT2D eigenvalue weighted by Crippen LogP contribution is 2.07. The van der Waals surface area contributed by atoms with Gasteiger partial charge < -0.3 is 20.0 Å². The lowest BCUT2D eigenvalue weighted by Gasteiger charge is -2.16. The van der Waals surface area contributed by atoms with Crippen molar-refractivity contribution in [2.45, 2.75) is 26.4 Å². The van der Waals surface area contributed by atoms with Gasteiger partial charge in [0.15, 0.2) is 0 Å². The maximum Gasteiger partial charge on any atom is 0.316 e. The van der Waals surface area contributed by atoms with Gasteiger partial charge in [-0.15, -0.1) is 5.10 Å². The van der Waals surface area contributed by atoms with Crippen LogP contribution in [0.2, 0.25) is 0 Å². The molecule has 0 bridgehead atoms. The molecular formula is C10H19N5O2. The number of amides is 1. The molecule has 1 atom stereocenters. The first-order valence-corrected chi connectivity index (χ1v) is 5.55. The van der Waals surface area contributed by atoms with Crippen molar-refractivity contribution in [2.75, 3.05) is 26.0 Å². The number of rotatable bonds is 6. The van der Waals surface area contributed by atoms with Gasteiger partial charge in [-0.3, -0.25) is 4.79 Å². The van der Waals surface area contributed by atoms with E-state index >= 15 is 0 Å². The van der Waals surface area contributed by atoms with Gasteiger partial charge in [0.1, 0.15) is 6.04 Å². The van der Waals surface area contributed by atoms with Gasteiger partial charge in [-0.05, 0) is 13.5 Å². The van der Waals surface area contributed by atoms with Crippen molar-refractivity contribution in [1.29, 1.82) is 0 Å². The smallest absolute Gasteiger partial charge is 0.316 e. The molecule has 1 aromatic rings. The summed E-state index contributed by atoms with van der Waals surface area (Å²) >= 11 is 0. The molecule has 0 aliphatic heterocycles. The lowest BCUT2D eigenvalue weighted by Crippen LogP contribution is -2.36. The Bertz CT molecular complexity index is 363. The Morgan fingerprint density at radius 3 is 2.76 bits per heavy atom. The Hall–Kier alpha value is -1.63. The zero-order valence-corrected chi connectivity index (χ0v) is 10.6. The minimum atomic E-state index is -0.391. The van der Waals surface area contributed by atoms with E-state index in [0.717, 1.165) is 6.54 Å². The molecule has 2 N–H and O–H groups in total. The Balaban J connectivity index is 2.51. The third-order valence-electron chi connectivity index (χ3n) is 2.14. The molecule has 0 saturated heterocycles. The number of carbonyl (C=O) groups is 1. The van der Waals surface area contributed by atoms with E-state index in [2.05, 4.69) is 20.8 Å². The molecule has 1 rings (SSSR count). The quantitative estimate of drug-likeness (QED) is 0.733. The monoisotopic (exact) mass is 241 g/mol. The van der Waals surface area contributed by atoms with Crippen LogP contribution in [0.5, 0.6) is 0 Å². The molecule has 0 spiro atoms.